The number of aryl methyl sites for hydroxylation is 2. The van der Waals surface area contributed by atoms with Gasteiger partial charge in [0.1, 0.15) is 6.10 Å². The van der Waals surface area contributed by atoms with E-state index in [0.717, 1.165) is 37.0 Å². The maximum Gasteiger partial charge on any atom is 0.191 e. The number of ether oxygens (including phenoxy) is 1. The lowest BCUT2D eigenvalue weighted by Gasteiger charge is -2.22. The van der Waals surface area contributed by atoms with Gasteiger partial charge in [-0.3, -0.25) is 4.79 Å². The fourth-order valence-electron chi connectivity index (χ4n) is 2.21. The van der Waals surface area contributed by atoms with E-state index in [-0.39, 0.29) is 11.9 Å². The standard InChI is InChI=1S/C14H18O2/c1-10-6-7-12(11(2)9-10)14(15)13-5-3-4-8-16-13/h6-7,9,13H,3-5,8H2,1-2H3. The largest absolute Gasteiger partial charge is 0.370 e. The maximum atomic E-state index is 12.2. The minimum absolute atomic E-state index is 0.150. The summed E-state index contributed by atoms with van der Waals surface area (Å²) in [7, 11) is 0. The molecule has 2 rings (SSSR count). The summed E-state index contributed by atoms with van der Waals surface area (Å²) in [4.78, 5) is 12.2. The summed E-state index contributed by atoms with van der Waals surface area (Å²) in [5.74, 6) is 0.150. The first kappa shape index (κ1) is 11.3. The highest BCUT2D eigenvalue weighted by atomic mass is 16.5. The minimum atomic E-state index is -0.213. The molecule has 1 aliphatic heterocycles. The highest BCUT2D eigenvalue weighted by Gasteiger charge is 2.24. The summed E-state index contributed by atoms with van der Waals surface area (Å²) in [6, 6.07) is 5.96. The summed E-state index contributed by atoms with van der Waals surface area (Å²) < 4.78 is 5.53. The molecule has 0 aliphatic carbocycles. The van der Waals surface area contributed by atoms with E-state index in [2.05, 4.69) is 6.07 Å². The number of carbonyl (C=O) groups is 1. The van der Waals surface area contributed by atoms with Crippen LogP contribution in [0, 0.1) is 13.8 Å². The summed E-state index contributed by atoms with van der Waals surface area (Å²) in [6.45, 7) is 4.75. The van der Waals surface area contributed by atoms with E-state index < -0.39 is 0 Å². The first-order valence-electron chi connectivity index (χ1n) is 5.91. The minimum Gasteiger partial charge on any atom is -0.370 e. The molecule has 1 saturated heterocycles. The van der Waals surface area contributed by atoms with Crippen LogP contribution in [0.1, 0.15) is 40.7 Å². The third-order valence-electron chi connectivity index (χ3n) is 3.12. The Morgan fingerprint density at radius 3 is 2.75 bits per heavy atom. The van der Waals surface area contributed by atoms with Crippen LogP contribution in [0.2, 0.25) is 0 Å². The van der Waals surface area contributed by atoms with Gasteiger partial charge in [0.15, 0.2) is 5.78 Å². The van der Waals surface area contributed by atoms with Crippen LogP contribution < -0.4 is 0 Å². The zero-order valence-electron chi connectivity index (χ0n) is 9.95. The van der Waals surface area contributed by atoms with Crippen molar-refractivity contribution in [1.82, 2.24) is 0 Å². The Bertz CT molecular complexity index is 390. The zero-order valence-corrected chi connectivity index (χ0v) is 9.95. The predicted molar refractivity (Wildman–Crippen MR) is 63.8 cm³/mol. The third kappa shape index (κ3) is 2.33. The van der Waals surface area contributed by atoms with E-state index in [9.17, 15) is 4.79 Å². The molecule has 0 amide bonds. The Hall–Kier alpha value is -1.15. The second kappa shape index (κ2) is 4.79. The van der Waals surface area contributed by atoms with Crippen molar-refractivity contribution in [2.45, 2.75) is 39.2 Å². The quantitative estimate of drug-likeness (QED) is 0.713. The highest BCUT2D eigenvalue weighted by molar-refractivity contribution is 6.00. The lowest BCUT2D eigenvalue weighted by Crippen LogP contribution is -2.28. The van der Waals surface area contributed by atoms with E-state index in [1.54, 1.807) is 0 Å². The molecule has 1 aromatic rings. The summed E-state index contributed by atoms with van der Waals surface area (Å²) in [5, 5.41) is 0. The van der Waals surface area contributed by atoms with Crippen molar-refractivity contribution in [1.29, 1.82) is 0 Å². The molecule has 2 heteroatoms. The third-order valence-corrected chi connectivity index (χ3v) is 3.12. The van der Waals surface area contributed by atoms with Crippen molar-refractivity contribution in [3.05, 3.63) is 34.9 Å². The molecule has 1 atom stereocenters. The monoisotopic (exact) mass is 218 g/mol. The van der Waals surface area contributed by atoms with Crippen molar-refractivity contribution >= 4 is 5.78 Å². The second-order valence-electron chi connectivity index (χ2n) is 4.54. The number of hydrogen-bond donors (Lipinski definition) is 0. The molecule has 0 radical (unpaired) electrons. The van der Waals surface area contributed by atoms with Crippen LogP contribution in [0.25, 0.3) is 0 Å². The van der Waals surface area contributed by atoms with Crippen LogP contribution in [-0.4, -0.2) is 18.5 Å². The topological polar surface area (TPSA) is 26.3 Å². The van der Waals surface area contributed by atoms with Crippen LogP contribution >= 0.6 is 0 Å². The summed E-state index contributed by atoms with van der Waals surface area (Å²) in [5.41, 5.74) is 3.07. The number of carbonyl (C=O) groups excluding carboxylic acids is 1. The van der Waals surface area contributed by atoms with E-state index in [0.29, 0.717) is 0 Å². The molecule has 0 spiro atoms. The van der Waals surface area contributed by atoms with Gasteiger partial charge in [-0.15, -0.1) is 0 Å². The normalized spacial score (nSPS) is 20.8. The molecule has 0 N–H and O–H groups in total. The first-order valence-corrected chi connectivity index (χ1v) is 5.91. The average Bonchev–Trinajstić information content (AvgIpc) is 2.29. The van der Waals surface area contributed by atoms with Crippen molar-refractivity contribution < 1.29 is 9.53 Å². The summed E-state index contributed by atoms with van der Waals surface area (Å²) in [6.07, 6.45) is 2.83. The molecule has 1 aromatic carbocycles. The molecule has 0 saturated carbocycles. The number of benzene rings is 1. The molecule has 16 heavy (non-hydrogen) atoms. The Balaban J connectivity index is 2.19. The van der Waals surface area contributed by atoms with E-state index >= 15 is 0 Å². The SMILES string of the molecule is Cc1ccc(C(=O)C2CCCCO2)c(C)c1. The van der Waals surface area contributed by atoms with E-state index in [1.807, 2.05) is 26.0 Å². The van der Waals surface area contributed by atoms with Crippen molar-refractivity contribution in [2.24, 2.45) is 0 Å². The van der Waals surface area contributed by atoms with E-state index in [1.165, 1.54) is 5.56 Å². The van der Waals surface area contributed by atoms with Gasteiger partial charge in [0.25, 0.3) is 0 Å². The van der Waals surface area contributed by atoms with Gasteiger partial charge in [0.05, 0.1) is 0 Å². The van der Waals surface area contributed by atoms with Gasteiger partial charge in [0.2, 0.25) is 0 Å². The van der Waals surface area contributed by atoms with Crippen LogP contribution in [0.15, 0.2) is 18.2 Å². The fourth-order valence-corrected chi connectivity index (χ4v) is 2.21. The van der Waals surface area contributed by atoms with Crippen LogP contribution in [0.5, 0.6) is 0 Å². The van der Waals surface area contributed by atoms with Gasteiger partial charge in [-0.25, -0.2) is 0 Å². The zero-order chi connectivity index (χ0) is 11.5. The molecular weight excluding hydrogens is 200 g/mol. The molecule has 1 fully saturated rings. The lowest BCUT2D eigenvalue weighted by molar-refractivity contribution is 0.0186. The maximum absolute atomic E-state index is 12.2. The number of ketones is 1. The smallest absolute Gasteiger partial charge is 0.191 e. The summed E-state index contributed by atoms with van der Waals surface area (Å²) >= 11 is 0. The Labute approximate surface area is 96.6 Å². The van der Waals surface area contributed by atoms with Gasteiger partial charge in [-0.2, -0.15) is 0 Å². The highest BCUT2D eigenvalue weighted by Crippen LogP contribution is 2.20. The van der Waals surface area contributed by atoms with Crippen LogP contribution in [0.4, 0.5) is 0 Å². The van der Waals surface area contributed by atoms with Crippen LogP contribution in [0.3, 0.4) is 0 Å². The Morgan fingerprint density at radius 2 is 2.12 bits per heavy atom. The average molecular weight is 218 g/mol. The van der Waals surface area contributed by atoms with Crippen molar-refractivity contribution in [3.63, 3.8) is 0 Å². The molecule has 2 nitrogen and oxygen atoms in total. The number of hydrogen-bond acceptors (Lipinski definition) is 2. The van der Waals surface area contributed by atoms with Crippen molar-refractivity contribution in [3.8, 4) is 0 Å². The molecule has 0 aromatic heterocycles. The van der Waals surface area contributed by atoms with E-state index in [4.69, 9.17) is 4.74 Å². The second-order valence-corrected chi connectivity index (χ2v) is 4.54. The van der Waals surface area contributed by atoms with Gasteiger partial charge in [0, 0.05) is 12.2 Å². The Kier molecular flexibility index (Phi) is 3.39. The van der Waals surface area contributed by atoms with Gasteiger partial charge in [-0.1, -0.05) is 23.8 Å². The first-order chi connectivity index (χ1) is 7.68. The molecule has 1 unspecified atom stereocenters. The van der Waals surface area contributed by atoms with Gasteiger partial charge in [-0.05, 0) is 38.7 Å². The lowest BCUT2D eigenvalue weighted by atomic mass is 9.96. The fraction of sp³-hybridized carbons (Fsp3) is 0.500. The van der Waals surface area contributed by atoms with Gasteiger partial charge < -0.3 is 4.74 Å². The molecule has 86 valence electrons. The Morgan fingerprint density at radius 1 is 1.31 bits per heavy atom. The molecule has 0 bridgehead atoms. The number of Topliss-reactive ketones (excluding diaryl/α,β-unsaturated/α-hetero) is 1. The number of rotatable bonds is 2. The molecular formula is C14H18O2. The van der Waals surface area contributed by atoms with Crippen molar-refractivity contribution in [2.75, 3.05) is 6.61 Å². The van der Waals surface area contributed by atoms with Gasteiger partial charge >= 0.3 is 0 Å². The molecule has 1 heterocycles. The predicted octanol–water partition coefficient (Wildman–Crippen LogP) is 3.06. The molecule has 1 aliphatic rings. The van der Waals surface area contributed by atoms with Crippen LogP contribution in [-0.2, 0) is 4.74 Å².